The molecule has 0 heterocycles. The van der Waals surface area contributed by atoms with Crippen molar-refractivity contribution in [2.45, 2.75) is 13.8 Å². The van der Waals surface area contributed by atoms with Crippen molar-refractivity contribution in [1.29, 1.82) is 0 Å². The zero-order valence-corrected chi connectivity index (χ0v) is 10.9. The zero-order chi connectivity index (χ0) is 14.3. The van der Waals surface area contributed by atoms with Gasteiger partial charge in [0.1, 0.15) is 5.75 Å². The molecule has 0 spiro atoms. The lowest BCUT2D eigenvalue weighted by molar-refractivity contribution is -0.136. The van der Waals surface area contributed by atoms with Crippen LogP contribution in [0.25, 0.3) is 0 Å². The van der Waals surface area contributed by atoms with Crippen molar-refractivity contribution in [3.8, 4) is 5.75 Å². The van der Waals surface area contributed by atoms with Gasteiger partial charge in [0.25, 0.3) is 0 Å². The summed E-state index contributed by atoms with van der Waals surface area (Å²) >= 11 is 0. The predicted molar refractivity (Wildman–Crippen MR) is 72.3 cm³/mol. The lowest BCUT2D eigenvalue weighted by Crippen LogP contribution is -2.42. The van der Waals surface area contributed by atoms with Gasteiger partial charge in [-0.05, 0) is 38.1 Å². The molecule has 0 aliphatic heterocycles. The van der Waals surface area contributed by atoms with E-state index >= 15 is 0 Å². The summed E-state index contributed by atoms with van der Waals surface area (Å²) < 4.78 is 5.27. The van der Waals surface area contributed by atoms with Crippen LogP contribution in [0.3, 0.4) is 0 Å². The van der Waals surface area contributed by atoms with Gasteiger partial charge in [-0.3, -0.25) is 15.0 Å². The summed E-state index contributed by atoms with van der Waals surface area (Å²) in [6, 6.07) is 6.73. The van der Waals surface area contributed by atoms with Gasteiger partial charge < -0.3 is 15.5 Å². The molecule has 2 amide bonds. The van der Waals surface area contributed by atoms with Crippen molar-refractivity contribution in [3.63, 3.8) is 0 Å². The van der Waals surface area contributed by atoms with E-state index in [0.717, 1.165) is 0 Å². The molecule has 0 atom stereocenters. The van der Waals surface area contributed by atoms with E-state index in [2.05, 4.69) is 22.7 Å². The molecule has 0 saturated carbocycles. The van der Waals surface area contributed by atoms with Crippen LogP contribution in [0.1, 0.15) is 13.8 Å². The molecule has 0 aromatic heterocycles. The van der Waals surface area contributed by atoms with E-state index in [-0.39, 0.29) is 0 Å². The highest BCUT2D eigenvalue weighted by Crippen LogP contribution is 2.15. The van der Waals surface area contributed by atoms with Crippen LogP contribution in [-0.4, -0.2) is 18.4 Å². The van der Waals surface area contributed by atoms with E-state index in [4.69, 9.17) is 4.74 Å². The third-order valence-electron chi connectivity index (χ3n) is 2.02. The van der Waals surface area contributed by atoms with Crippen LogP contribution in [-0.2, 0) is 9.59 Å². The average Bonchev–Trinajstić information content (AvgIpc) is 2.38. The quantitative estimate of drug-likeness (QED) is 0.550. The van der Waals surface area contributed by atoms with E-state index in [1.165, 1.54) is 0 Å². The lowest BCUT2D eigenvalue weighted by atomic mass is 10.3. The largest absolute Gasteiger partial charge is 0.494 e. The molecule has 0 saturated heterocycles. The van der Waals surface area contributed by atoms with Gasteiger partial charge in [-0.15, -0.1) is 0 Å². The van der Waals surface area contributed by atoms with Crippen molar-refractivity contribution in [2.24, 2.45) is 0 Å². The summed E-state index contributed by atoms with van der Waals surface area (Å²) in [7, 11) is 0. The highest BCUT2D eigenvalue weighted by molar-refractivity contribution is 6.39. The summed E-state index contributed by atoms with van der Waals surface area (Å²) in [4.78, 5) is 22.9. The van der Waals surface area contributed by atoms with Crippen molar-refractivity contribution < 1.29 is 14.3 Å². The molecule has 1 rings (SSSR count). The maximum absolute atomic E-state index is 11.5. The monoisotopic (exact) mass is 263 g/mol. The Balaban J connectivity index is 2.51. The van der Waals surface area contributed by atoms with Gasteiger partial charge in [-0.25, -0.2) is 0 Å². The molecule has 0 aliphatic carbocycles. The van der Waals surface area contributed by atoms with Crippen LogP contribution < -0.4 is 20.9 Å². The number of carbonyl (C=O) groups excluding carboxylic acids is 2. The number of rotatable bonds is 5. The SMILES string of the molecule is C=C(C)NNC(=O)C(=O)Nc1ccc(OCC)cc1. The van der Waals surface area contributed by atoms with Gasteiger partial charge >= 0.3 is 11.8 Å². The topological polar surface area (TPSA) is 79.5 Å². The average molecular weight is 263 g/mol. The maximum atomic E-state index is 11.5. The summed E-state index contributed by atoms with van der Waals surface area (Å²) in [5.41, 5.74) is 5.71. The second-order valence-electron chi connectivity index (χ2n) is 3.77. The Labute approximate surface area is 111 Å². The molecule has 1 aromatic carbocycles. The maximum Gasteiger partial charge on any atom is 0.327 e. The number of anilines is 1. The first kappa shape index (κ1) is 14.6. The Morgan fingerprint density at radius 3 is 2.32 bits per heavy atom. The van der Waals surface area contributed by atoms with Crippen LogP contribution in [0.5, 0.6) is 5.75 Å². The fourth-order valence-corrected chi connectivity index (χ4v) is 1.21. The molecule has 3 N–H and O–H groups in total. The first-order valence-electron chi connectivity index (χ1n) is 5.78. The number of hydrogen-bond acceptors (Lipinski definition) is 4. The van der Waals surface area contributed by atoms with Gasteiger partial charge in [0, 0.05) is 11.4 Å². The minimum absolute atomic E-state index is 0.513. The van der Waals surface area contributed by atoms with Crippen LogP contribution in [0.2, 0.25) is 0 Å². The van der Waals surface area contributed by atoms with Gasteiger partial charge in [-0.2, -0.15) is 0 Å². The number of hydrogen-bond donors (Lipinski definition) is 3. The van der Waals surface area contributed by atoms with E-state index in [0.29, 0.717) is 23.7 Å². The van der Waals surface area contributed by atoms with Crippen molar-refractivity contribution in [1.82, 2.24) is 10.9 Å². The highest BCUT2D eigenvalue weighted by Gasteiger charge is 2.12. The van der Waals surface area contributed by atoms with Crippen LogP contribution in [0.4, 0.5) is 5.69 Å². The summed E-state index contributed by atoms with van der Waals surface area (Å²) in [6.45, 7) is 7.64. The Morgan fingerprint density at radius 2 is 1.79 bits per heavy atom. The molecule has 19 heavy (non-hydrogen) atoms. The Bertz CT molecular complexity index is 469. The first-order chi connectivity index (χ1) is 9.02. The number of allylic oxidation sites excluding steroid dienone is 1. The van der Waals surface area contributed by atoms with E-state index in [9.17, 15) is 9.59 Å². The second kappa shape index (κ2) is 7.05. The molecule has 102 valence electrons. The van der Waals surface area contributed by atoms with Crippen molar-refractivity contribution in [2.75, 3.05) is 11.9 Å². The smallest absolute Gasteiger partial charge is 0.327 e. The van der Waals surface area contributed by atoms with Crippen LogP contribution in [0.15, 0.2) is 36.5 Å². The number of benzene rings is 1. The summed E-state index contributed by atoms with van der Waals surface area (Å²) in [5.74, 6) is -0.858. The fraction of sp³-hybridized carbons (Fsp3) is 0.231. The van der Waals surface area contributed by atoms with E-state index < -0.39 is 11.8 Å². The molecular weight excluding hydrogens is 246 g/mol. The molecule has 0 aliphatic rings. The molecule has 1 aromatic rings. The molecule has 0 radical (unpaired) electrons. The van der Waals surface area contributed by atoms with Gasteiger partial charge in [-0.1, -0.05) is 6.58 Å². The lowest BCUT2D eigenvalue weighted by Gasteiger charge is -2.08. The van der Waals surface area contributed by atoms with Gasteiger partial charge in [0.05, 0.1) is 6.61 Å². The molecular formula is C13H17N3O3. The predicted octanol–water partition coefficient (Wildman–Crippen LogP) is 1.18. The Morgan fingerprint density at radius 1 is 1.16 bits per heavy atom. The third-order valence-corrected chi connectivity index (χ3v) is 2.02. The second-order valence-corrected chi connectivity index (χ2v) is 3.77. The fourth-order valence-electron chi connectivity index (χ4n) is 1.21. The van der Waals surface area contributed by atoms with Gasteiger partial charge in [0.15, 0.2) is 0 Å². The summed E-state index contributed by atoms with van der Waals surface area (Å²) in [5, 5.41) is 2.46. The molecule has 6 nitrogen and oxygen atoms in total. The molecule has 0 fully saturated rings. The van der Waals surface area contributed by atoms with Crippen LogP contribution >= 0.6 is 0 Å². The Kier molecular flexibility index (Phi) is 5.40. The number of amides is 2. The normalized spacial score (nSPS) is 9.37. The number of ether oxygens (including phenoxy) is 1. The molecule has 0 unspecified atom stereocenters. The molecule has 6 heteroatoms. The minimum Gasteiger partial charge on any atom is -0.494 e. The number of nitrogens with one attached hydrogen (secondary N) is 3. The van der Waals surface area contributed by atoms with Crippen molar-refractivity contribution >= 4 is 17.5 Å². The van der Waals surface area contributed by atoms with E-state index in [1.54, 1.807) is 31.2 Å². The highest BCUT2D eigenvalue weighted by atomic mass is 16.5. The van der Waals surface area contributed by atoms with Crippen molar-refractivity contribution in [3.05, 3.63) is 36.5 Å². The summed E-state index contributed by atoms with van der Waals surface area (Å²) in [6.07, 6.45) is 0. The van der Waals surface area contributed by atoms with Gasteiger partial charge in [0.2, 0.25) is 0 Å². The first-order valence-corrected chi connectivity index (χ1v) is 5.78. The van der Waals surface area contributed by atoms with Crippen LogP contribution in [0, 0.1) is 0 Å². The Hall–Kier alpha value is -2.50. The number of hydrazine groups is 1. The minimum atomic E-state index is -0.795. The molecule has 0 bridgehead atoms. The third kappa shape index (κ3) is 5.12. The van der Waals surface area contributed by atoms with E-state index in [1.807, 2.05) is 6.92 Å². The number of carbonyl (C=O) groups is 2. The standard InChI is InChI=1S/C13H17N3O3/c1-4-19-11-7-5-10(6-8-11)14-12(17)13(18)16-15-9(2)3/h5-8,15H,2,4H2,1,3H3,(H,14,17)(H,16,18). The zero-order valence-electron chi connectivity index (χ0n) is 10.9.